The average Bonchev–Trinajstić information content (AvgIpc) is 2.39. The number of anilines is 1. The van der Waals surface area contributed by atoms with Crippen LogP contribution in [0.3, 0.4) is 0 Å². The van der Waals surface area contributed by atoms with Crippen LogP contribution in [0.4, 0.5) is 14.5 Å². The molecule has 94 valence electrons. The van der Waals surface area contributed by atoms with Gasteiger partial charge in [0.25, 0.3) is 5.92 Å². The van der Waals surface area contributed by atoms with Gasteiger partial charge in [0.1, 0.15) is 0 Å². The Morgan fingerprint density at radius 2 is 1.56 bits per heavy atom. The van der Waals surface area contributed by atoms with E-state index < -0.39 is 12.5 Å². The molecule has 1 nitrogen and oxygen atoms in total. The molecule has 4 heteroatoms. The largest absolute Gasteiger partial charge is 0.379 e. The smallest absolute Gasteiger partial charge is 0.290 e. The fourth-order valence-electron chi connectivity index (χ4n) is 1.56. The normalized spacial score (nSPS) is 11.3. The first-order valence-electron chi connectivity index (χ1n) is 5.51. The van der Waals surface area contributed by atoms with E-state index in [4.69, 9.17) is 0 Å². The molecule has 0 aliphatic carbocycles. The molecule has 2 aromatic carbocycles. The summed E-state index contributed by atoms with van der Waals surface area (Å²) in [5.74, 6) is -2.87. The fourth-order valence-corrected chi connectivity index (χ4v) is 1.92. The Balaban J connectivity index is 2.03. The van der Waals surface area contributed by atoms with Gasteiger partial charge in [0.05, 0.1) is 6.54 Å². The summed E-state index contributed by atoms with van der Waals surface area (Å²) in [5.41, 5.74) is 0.731. The van der Waals surface area contributed by atoms with Gasteiger partial charge in [-0.2, -0.15) is 8.78 Å². The van der Waals surface area contributed by atoms with Crippen LogP contribution in [0.15, 0.2) is 54.6 Å². The summed E-state index contributed by atoms with van der Waals surface area (Å²) in [5, 5.41) is 2.76. The first-order valence-corrected chi connectivity index (χ1v) is 6.58. The van der Waals surface area contributed by atoms with Gasteiger partial charge in [0.2, 0.25) is 0 Å². The summed E-state index contributed by atoms with van der Waals surface area (Å²) in [4.78, 5) is 0. The lowest BCUT2D eigenvalue weighted by Gasteiger charge is -2.18. The SMILES string of the molecule is FC(F)(CNc1ccc(I)cc1)c1ccccc1. The van der Waals surface area contributed by atoms with Crippen molar-refractivity contribution in [3.8, 4) is 0 Å². The molecule has 0 saturated carbocycles. The number of hydrogen-bond acceptors (Lipinski definition) is 1. The summed E-state index contributed by atoms with van der Waals surface area (Å²) >= 11 is 2.17. The number of halogens is 3. The van der Waals surface area contributed by atoms with Crippen molar-refractivity contribution in [1.29, 1.82) is 0 Å². The van der Waals surface area contributed by atoms with Gasteiger partial charge in [-0.1, -0.05) is 30.3 Å². The van der Waals surface area contributed by atoms with E-state index in [0.29, 0.717) is 5.69 Å². The average molecular weight is 359 g/mol. The predicted octanol–water partition coefficient (Wildman–Crippen LogP) is 4.50. The quantitative estimate of drug-likeness (QED) is 0.793. The van der Waals surface area contributed by atoms with Crippen LogP contribution in [-0.4, -0.2) is 6.54 Å². The fraction of sp³-hybridized carbons (Fsp3) is 0.143. The Morgan fingerprint density at radius 3 is 2.17 bits per heavy atom. The zero-order valence-corrected chi connectivity index (χ0v) is 11.7. The lowest BCUT2D eigenvalue weighted by molar-refractivity contribution is 0.0106. The maximum absolute atomic E-state index is 13.9. The van der Waals surface area contributed by atoms with Crippen molar-refractivity contribution in [2.24, 2.45) is 0 Å². The van der Waals surface area contributed by atoms with Gasteiger partial charge in [0.15, 0.2) is 0 Å². The Labute approximate surface area is 118 Å². The molecule has 0 amide bonds. The van der Waals surface area contributed by atoms with Crippen LogP contribution < -0.4 is 5.32 Å². The van der Waals surface area contributed by atoms with Crippen molar-refractivity contribution in [3.63, 3.8) is 0 Å². The summed E-state index contributed by atoms with van der Waals surface area (Å²) < 4.78 is 28.8. The standard InChI is InChI=1S/C14H12F2IN/c15-14(16,11-4-2-1-3-5-11)10-18-13-8-6-12(17)7-9-13/h1-9,18H,10H2. The van der Waals surface area contributed by atoms with E-state index in [2.05, 4.69) is 27.9 Å². The molecule has 2 aromatic rings. The highest BCUT2D eigenvalue weighted by Gasteiger charge is 2.30. The van der Waals surface area contributed by atoms with Crippen LogP contribution >= 0.6 is 22.6 Å². The maximum atomic E-state index is 13.9. The molecule has 0 aliphatic rings. The van der Waals surface area contributed by atoms with Gasteiger partial charge >= 0.3 is 0 Å². The topological polar surface area (TPSA) is 12.0 Å². The van der Waals surface area contributed by atoms with Crippen molar-refractivity contribution < 1.29 is 8.78 Å². The number of alkyl halides is 2. The van der Waals surface area contributed by atoms with Crippen molar-refractivity contribution in [2.45, 2.75) is 5.92 Å². The molecule has 0 radical (unpaired) electrons. The second-order valence-corrected chi connectivity index (χ2v) is 5.18. The minimum atomic E-state index is -2.87. The van der Waals surface area contributed by atoms with Gasteiger partial charge < -0.3 is 5.32 Å². The van der Waals surface area contributed by atoms with Gasteiger partial charge in [-0.3, -0.25) is 0 Å². The van der Waals surface area contributed by atoms with Gasteiger partial charge in [0, 0.05) is 14.8 Å². The van der Waals surface area contributed by atoms with E-state index in [0.717, 1.165) is 3.57 Å². The highest BCUT2D eigenvalue weighted by atomic mass is 127. The number of benzene rings is 2. The van der Waals surface area contributed by atoms with Crippen LogP contribution in [0.2, 0.25) is 0 Å². The van der Waals surface area contributed by atoms with Crippen LogP contribution in [0.5, 0.6) is 0 Å². The Morgan fingerprint density at radius 1 is 0.944 bits per heavy atom. The van der Waals surface area contributed by atoms with E-state index in [1.807, 2.05) is 12.1 Å². The molecule has 0 saturated heterocycles. The molecule has 0 aliphatic heterocycles. The third kappa shape index (κ3) is 3.41. The van der Waals surface area contributed by atoms with Crippen molar-refractivity contribution in [1.82, 2.24) is 0 Å². The molecule has 0 atom stereocenters. The van der Waals surface area contributed by atoms with Crippen molar-refractivity contribution in [3.05, 3.63) is 63.7 Å². The van der Waals surface area contributed by atoms with Crippen molar-refractivity contribution >= 4 is 28.3 Å². The van der Waals surface area contributed by atoms with Crippen LogP contribution in [0.1, 0.15) is 5.56 Å². The van der Waals surface area contributed by atoms with Crippen LogP contribution in [0.25, 0.3) is 0 Å². The predicted molar refractivity (Wildman–Crippen MR) is 78.0 cm³/mol. The lowest BCUT2D eigenvalue weighted by atomic mass is 10.1. The van der Waals surface area contributed by atoms with Gasteiger partial charge in [-0.15, -0.1) is 0 Å². The Kier molecular flexibility index (Phi) is 4.16. The summed E-state index contributed by atoms with van der Waals surface area (Å²) in [6, 6.07) is 15.2. The second kappa shape index (κ2) is 5.65. The third-order valence-corrected chi connectivity index (χ3v) is 3.27. The molecule has 0 unspecified atom stereocenters. The molecule has 18 heavy (non-hydrogen) atoms. The number of hydrogen-bond donors (Lipinski definition) is 1. The Hall–Kier alpha value is -1.17. The number of nitrogens with one attached hydrogen (secondary N) is 1. The molecule has 0 aromatic heterocycles. The molecule has 1 N–H and O–H groups in total. The molecule has 0 spiro atoms. The summed E-state index contributed by atoms with van der Waals surface area (Å²) in [7, 11) is 0. The second-order valence-electron chi connectivity index (χ2n) is 3.93. The van der Waals surface area contributed by atoms with Crippen molar-refractivity contribution in [2.75, 3.05) is 11.9 Å². The molecular weight excluding hydrogens is 347 g/mol. The summed E-state index contributed by atoms with van der Waals surface area (Å²) in [6.07, 6.45) is 0. The van der Waals surface area contributed by atoms with E-state index >= 15 is 0 Å². The van der Waals surface area contributed by atoms with Gasteiger partial charge in [-0.05, 0) is 46.9 Å². The highest BCUT2D eigenvalue weighted by molar-refractivity contribution is 14.1. The van der Waals surface area contributed by atoms with Crippen LogP contribution in [0, 0.1) is 3.57 Å². The monoisotopic (exact) mass is 359 g/mol. The first-order chi connectivity index (χ1) is 8.58. The molecule has 0 heterocycles. The molecule has 0 fully saturated rings. The highest BCUT2D eigenvalue weighted by Crippen LogP contribution is 2.28. The van der Waals surface area contributed by atoms with E-state index in [-0.39, 0.29) is 5.56 Å². The minimum absolute atomic E-state index is 0.0306. The molecule has 2 rings (SSSR count). The Bertz CT molecular complexity index is 497. The third-order valence-electron chi connectivity index (χ3n) is 2.55. The zero-order chi connectivity index (χ0) is 13.0. The molecular formula is C14H12F2IN. The lowest BCUT2D eigenvalue weighted by Crippen LogP contribution is -2.24. The zero-order valence-electron chi connectivity index (χ0n) is 9.54. The van der Waals surface area contributed by atoms with Crippen LogP contribution in [-0.2, 0) is 5.92 Å². The first kappa shape index (κ1) is 13.3. The summed E-state index contributed by atoms with van der Waals surface area (Å²) in [6.45, 7) is -0.405. The number of rotatable bonds is 4. The van der Waals surface area contributed by atoms with Gasteiger partial charge in [-0.25, -0.2) is 0 Å². The maximum Gasteiger partial charge on any atom is 0.290 e. The van der Waals surface area contributed by atoms with E-state index in [9.17, 15) is 8.78 Å². The molecule has 0 bridgehead atoms. The van der Waals surface area contributed by atoms with E-state index in [1.165, 1.54) is 12.1 Å². The minimum Gasteiger partial charge on any atom is -0.379 e. The van der Waals surface area contributed by atoms with E-state index in [1.54, 1.807) is 30.3 Å².